The van der Waals surface area contributed by atoms with Crippen molar-refractivity contribution in [3.8, 4) is 0 Å². The topological polar surface area (TPSA) is 72.3 Å². The highest BCUT2D eigenvalue weighted by Gasteiger charge is 2.25. The number of H-pyrrole nitrogens is 1. The number of fused-ring (bicyclic) bond motifs is 1. The van der Waals surface area contributed by atoms with Crippen LogP contribution >= 0.6 is 0 Å². The molecule has 18 heavy (non-hydrogen) atoms. The molecule has 1 atom stereocenters. The van der Waals surface area contributed by atoms with Crippen molar-refractivity contribution in [3.05, 3.63) is 34.3 Å². The van der Waals surface area contributed by atoms with Gasteiger partial charge in [-0.05, 0) is 23.6 Å². The Bertz CT molecular complexity index is 623. The number of oxazole rings is 1. The van der Waals surface area contributed by atoms with Crippen molar-refractivity contribution in [2.45, 2.75) is 19.8 Å². The van der Waals surface area contributed by atoms with Crippen molar-refractivity contribution in [2.75, 3.05) is 7.11 Å². The smallest absolute Gasteiger partial charge is 0.417 e. The molecule has 5 nitrogen and oxygen atoms in total. The van der Waals surface area contributed by atoms with Crippen LogP contribution in [0.1, 0.15) is 25.3 Å². The Morgan fingerprint density at radius 3 is 2.72 bits per heavy atom. The Morgan fingerprint density at radius 2 is 2.11 bits per heavy atom. The maximum atomic E-state index is 11.8. The maximum Gasteiger partial charge on any atom is 0.417 e. The van der Waals surface area contributed by atoms with Gasteiger partial charge in [0.1, 0.15) is 0 Å². The number of ether oxygens (including phenoxy) is 1. The van der Waals surface area contributed by atoms with Gasteiger partial charge in [-0.25, -0.2) is 4.79 Å². The van der Waals surface area contributed by atoms with E-state index in [4.69, 9.17) is 9.15 Å². The van der Waals surface area contributed by atoms with Crippen LogP contribution in [-0.4, -0.2) is 18.1 Å². The molecule has 5 heteroatoms. The van der Waals surface area contributed by atoms with Gasteiger partial charge in [0, 0.05) is 0 Å². The fraction of sp³-hybridized carbons (Fsp3) is 0.385. The van der Waals surface area contributed by atoms with E-state index >= 15 is 0 Å². The van der Waals surface area contributed by atoms with Crippen LogP contribution in [-0.2, 0) is 9.53 Å². The molecule has 2 rings (SSSR count). The van der Waals surface area contributed by atoms with Gasteiger partial charge in [0.05, 0.1) is 18.5 Å². The first-order valence-corrected chi connectivity index (χ1v) is 5.73. The predicted molar refractivity (Wildman–Crippen MR) is 66.4 cm³/mol. The van der Waals surface area contributed by atoms with E-state index in [9.17, 15) is 9.59 Å². The minimum atomic E-state index is -0.499. The molecule has 0 aliphatic rings. The Kier molecular flexibility index (Phi) is 3.23. The van der Waals surface area contributed by atoms with Crippen LogP contribution in [0.5, 0.6) is 0 Å². The number of hydrogen-bond donors (Lipinski definition) is 1. The first kappa shape index (κ1) is 12.4. The monoisotopic (exact) mass is 249 g/mol. The van der Waals surface area contributed by atoms with Crippen molar-refractivity contribution < 1.29 is 13.9 Å². The summed E-state index contributed by atoms with van der Waals surface area (Å²) in [6, 6.07) is 5.23. The standard InChI is InChI=1S/C13H15NO4/c1-7(2)11(12(15)17-3)8-4-5-9-10(6-8)18-13(16)14-9/h4-7,11H,1-3H3,(H,14,16). The first-order chi connectivity index (χ1) is 8.52. The number of aromatic nitrogens is 1. The molecule has 0 aliphatic carbocycles. The second-order valence-corrected chi connectivity index (χ2v) is 4.51. The number of nitrogens with one attached hydrogen (secondary N) is 1. The number of hydrogen-bond acceptors (Lipinski definition) is 4. The fourth-order valence-corrected chi connectivity index (χ4v) is 2.08. The molecule has 0 fully saturated rings. The van der Waals surface area contributed by atoms with E-state index in [0.29, 0.717) is 11.1 Å². The summed E-state index contributed by atoms with van der Waals surface area (Å²) in [7, 11) is 1.37. The molecule has 0 bridgehead atoms. The van der Waals surface area contributed by atoms with Gasteiger partial charge < -0.3 is 9.15 Å². The number of esters is 1. The zero-order valence-electron chi connectivity index (χ0n) is 10.5. The molecule has 0 saturated carbocycles. The molecule has 1 N–H and O–H groups in total. The highest BCUT2D eigenvalue weighted by atomic mass is 16.5. The van der Waals surface area contributed by atoms with Crippen LogP contribution in [0.15, 0.2) is 27.4 Å². The number of methoxy groups -OCH3 is 1. The lowest BCUT2D eigenvalue weighted by Gasteiger charge is -2.18. The number of carbonyl (C=O) groups excluding carboxylic acids is 1. The van der Waals surface area contributed by atoms with E-state index in [0.717, 1.165) is 5.56 Å². The largest absolute Gasteiger partial charge is 0.469 e. The summed E-state index contributed by atoms with van der Waals surface area (Å²) in [4.78, 5) is 25.4. The molecule has 0 amide bonds. The molecule has 1 aromatic carbocycles. The average Bonchev–Trinajstić information content (AvgIpc) is 2.68. The van der Waals surface area contributed by atoms with Gasteiger partial charge in [0.25, 0.3) is 0 Å². The number of rotatable bonds is 3. The molecule has 1 heterocycles. The van der Waals surface area contributed by atoms with E-state index in [-0.39, 0.29) is 17.8 Å². The number of carbonyl (C=O) groups is 1. The number of benzene rings is 1. The zero-order chi connectivity index (χ0) is 13.3. The molecule has 0 spiro atoms. The summed E-state index contributed by atoms with van der Waals surface area (Å²) in [5, 5.41) is 0. The van der Waals surface area contributed by atoms with Gasteiger partial charge in [-0.3, -0.25) is 9.78 Å². The van der Waals surface area contributed by atoms with Gasteiger partial charge in [-0.2, -0.15) is 0 Å². The molecule has 0 aliphatic heterocycles. The van der Waals surface area contributed by atoms with E-state index < -0.39 is 5.76 Å². The zero-order valence-corrected chi connectivity index (χ0v) is 10.5. The van der Waals surface area contributed by atoms with Gasteiger partial charge in [0.2, 0.25) is 0 Å². The second kappa shape index (κ2) is 4.68. The summed E-state index contributed by atoms with van der Waals surface area (Å²) in [6.45, 7) is 3.89. The highest BCUT2D eigenvalue weighted by molar-refractivity contribution is 5.81. The lowest BCUT2D eigenvalue weighted by atomic mass is 9.88. The maximum absolute atomic E-state index is 11.8. The Morgan fingerprint density at radius 1 is 1.39 bits per heavy atom. The van der Waals surface area contributed by atoms with Gasteiger partial charge in [0.15, 0.2) is 5.58 Å². The van der Waals surface area contributed by atoms with Crippen LogP contribution < -0.4 is 5.76 Å². The van der Waals surface area contributed by atoms with Crippen LogP contribution in [0.25, 0.3) is 11.1 Å². The Balaban J connectivity index is 2.50. The van der Waals surface area contributed by atoms with Crippen LogP contribution in [0.3, 0.4) is 0 Å². The summed E-state index contributed by atoms with van der Waals surface area (Å²) >= 11 is 0. The third-order valence-electron chi connectivity index (χ3n) is 2.93. The molecule has 0 radical (unpaired) electrons. The van der Waals surface area contributed by atoms with Crippen molar-refractivity contribution in [2.24, 2.45) is 5.92 Å². The van der Waals surface area contributed by atoms with E-state index in [1.807, 2.05) is 13.8 Å². The highest BCUT2D eigenvalue weighted by Crippen LogP contribution is 2.27. The van der Waals surface area contributed by atoms with E-state index in [1.54, 1.807) is 18.2 Å². The van der Waals surface area contributed by atoms with Crippen LogP contribution in [0.4, 0.5) is 0 Å². The molecule has 2 aromatic rings. The molecule has 1 unspecified atom stereocenters. The summed E-state index contributed by atoms with van der Waals surface area (Å²) in [5.74, 6) is -1.05. The third-order valence-corrected chi connectivity index (χ3v) is 2.93. The van der Waals surface area contributed by atoms with Crippen molar-refractivity contribution in [1.82, 2.24) is 4.98 Å². The van der Waals surface area contributed by atoms with Crippen LogP contribution in [0.2, 0.25) is 0 Å². The molecular formula is C13H15NO4. The molecular weight excluding hydrogens is 234 g/mol. The SMILES string of the molecule is COC(=O)C(c1ccc2[nH]c(=O)oc2c1)C(C)C. The predicted octanol–water partition coefficient (Wildman–Crippen LogP) is 2.03. The van der Waals surface area contributed by atoms with Crippen LogP contribution in [0, 0.1) is 5.92 Å². The Hall–Kier alpha value is -2.04. The van der Waals surface area contributed by atoms with E-state index in [1.165, 1.54) is 7.11 Å². The Labute approximate surface area is 104 Å². The van der Waals surface area contributed by atoms with Crippen molar-refractivity contribution >= 4 is 17.1 Å². The van der Waals surface area contributed by atoms with Gasteiger partial charge in [-0.1, -0.05) is 19.9 Å². The third kappa shape index (κ3) is 2.16. The summed E-state index contributed by atoms with van der Waals surface area (Å²) in [5.41, 5.74) is 1.86. The summed E-state index contributed by atoms with van der Waals surface area (Å²) < 4.78 is 9.79. The quantitative estimate of drug-likeness (QED) is 0.845. The molecule has 0 saturated heterocycles. The first-order valence-electron chi connectivity index (χ1n) is 5.73. The average molecular weight is 249 g/mol. The fourth-order valence-electron chi connectivity index (χ4n) is 2.08. The minimum absolute atomic E-state index is 0.0977. The molecule has 1 aromatic heterocycles. The van der Waals surface area contributed by atoms with Crippen molar-refractivity contribution in [1.29, 1.82) is 0 Å². The summed E-state index contributed by atoms with van der Waals surface area (Å²) in [6.07, 6.45) is 0. The lowest BCUT2D eigenvalue weighted by Crippen LogP contribution is -2.19. The van der Waals surface area contributed by atoms with Crippen molar-refractivity contribution in [3.63, 3.8) is 0 Å². The number of aromatic amines is 1. The minimum Gasteiger partial charge on any atom is -0.469 e. The lowest BCUT2D eigenvalue weighted by molar-refractivity contribution is -0.143. The van der Waals surface area contributed by atoms with Gasteiger partial charge in [-0.15, -0.1) is 0 Å². The molecule has 96 valence electrons. The normalized spacial score (nSPS) is 12.9. The van der Waals surface area contributed by atoms with Gasteiger partial charge >= 0.3 is 11.7 Å². The van der Waals surface area contributed by atoms with E-state index in [2.05, 4.69) is 4.98 Å². The second-order valence-electron chi connectivity index (χ2n) is 4.51.